The normalized spacial score (nSPS) is 14.4. The number of carbonyl (C=O) groups excluding carboxylic acids is 2. The number of esters is 1. The van der Waals surface area contributed by atoms with E-state index in [0.29, 0.717) is 17.5 Å². The molecule has 2 atom stereocenters. The van der Waals surface area contributed by atoms with E-state index >= 15 is 0 Å². The van der Waals surface area contributed by atoms with Crippen LogP contribution in [0.1, 0.15) is 38.3 Å². The van der Waals surface area contributed by atoms with Crippen LogP contribution < -0.4 is 5.32 Å². The van der Waals surface area contributed by atoms with Gasteiger partial charge in [0, 0.05) is 13.3 Å². The lowest BCUT2D eigenvalue weighted by molar-refractivity contribution is -0.168. The second kappa shape index (κ2) is 7.90. The van der Waals surface area contributed by atoms with Crippen molar-refractivity contribution in [2.75, 3.05) is 0 Å². The molecule has 0 saturated carbocycles. The van der Waals surface area contributed by atoms with Gasteiger partial charge in [0.1, 0.15) is 5.82 Å². The molecule has 1 rings (SSSR count). The van der Waals surface area contributed by atoms with Gasteiger partial charge in [0.25, 0.3) is 0 Å². The van der Waals surface area contributed by atoms with Crippen molar-refractivity contribution in [1.29, 1.82) is 0 Å². The zero-order valence-electron chi connectivity index (χ0n) is 14.2. The number of ether oxygens (including phenoxy) is 1. The molecule has 2 N–H and O–H groups in total. The summed E-state index contributed by atoms with van der Waals surface area (Å²) in [7, 11) is 0. The van der Waals surface area contributed by atoms with Gasteiger partial charge in [-0.3, -0.25) is 4.79 Å². The Morgan fingerprint density at radius 1 is 1.38 bits per heavy atom. The average molecular weight is 339 g/mol. The smallest absolute Gasteiger partial charge is 0.344 e. The van der Waals surface area contributed by atoms with Crippen molar-refractivity contribution in [3.8, 4) is 0 Å². The number of nitrogens with one attached hydrogen (secondary N) is 1. The van der Waals surface area contributed by atoms with Crippen LogP contribution in [0.5, 0.6) is 0 Å². The highest BCUT2D eigenvalue weighted by Gasteiger charge is 2.49. The summed E-state index contributed by atoms with van der Waals surface area (Å²) in [5, 5.41) is 11.8. The Labute approximate surface area is 140 Å². The molecule has 1 aromatic carbocycles. The fourth-order valence-corrected chi connectivity index (χ4v) is 2.17. The van der Waals surface area contributed by atoms with Crippen LogP contribution >= 0.6 is 0 Å². The first-order valence-corrected chi connectivity index (χ1v) is 7.60. The van der Waals surface area contributed by atoms with Gasteiger partial charge in [0.05, 0.1) is 6.10 Å². The molecule has 0 heterocycles. The third kappa shape index (κ3) is 4.53. The number of carboxylic acid groups (broad SMARTS) is 1. The van der Waals surface area contributed by atoms with Crippen molar-refractivity contribution >= 4 is 17.8 Å². The first kappa shape index (κ1) is 19.6. The number of hydrogen-bond acceptors (Lipinski definition) is 4. The lowest BCUT2D eigenvalue weighted by Gasteiger charge is -2.29. The van der Waals surface area contributed by atoms with E-state index in [0.717, 1.165) is 6.92 Å². The summed E-state index contributed by atoms with van der Waals surface area (Å²) < 4.78 is 18.5. The van der Waals surface area contributed by atoms with Gasteiger partial charge in [-0.15, -0.1) is 0 Å². The van der Waals surface area contributed by atoms with Crippen molar-refractivity contribution in [3.05, 3.63) is 35.1 Å². The van der Waals surface area contributed by atoms with Crippen molar-refractivity contribution in [2.24, 2.45) is 0 Å². The van der Waals surface area contributed by atoms with E-state index in [9.17, 15) is 23.9 Å². The largest absolute Gasteiger partial charge is 0.479 e. The third-order valence-corrected chi connectivity index (χ3v) is 3.68. The minimum Gasteiger partial charge on any atom is -0.479 e. The van der Waals surface area contributed by atoms with Gasteiger partial charge in [-0.25, -0.2) is 14.0 Å². The second-order valence-corrected chi connectivity index (χ2v) is 5.78. The van der Waals surface area contributed by atoms with Gasteiger partial charge in [0.15, 0.2) is 0 Å². The molecule has 0 aliphatic carbocycles. The first-order chi connectivity index (χ1) is 11.1. The Kier molecular flexibility index (Phi) is 6.45. The summed E-state index contributed by atoms with van der Waals surface area (Å²) in [6.07, 6.45) is -0.352. The van der Waals surface area contributed by atoms with Gasteiger partial charge in [-0.1, -0.05) is 19.1 Å². The van der Waals surface area contributed by atoms with Crippen molar-refractivity contribution in [2.45, 2.75) is 52.2 Å². The van der Waals surface area contributed by atoms with Crippen LogP contribution in [0.2, 0.25) is 0 Å². The van der Waals surface area contributed by atoms with E-state index < -0.39 is 35.3 Å². The van der Waals surface area contributed by atoms with Crippen LogP contribution in [0.25, 0.3) is 0 Å². The molecule has 7 heteroatoms. The highest BCUT2D eigenvalue weighted by Crippen LogP contribution is 2.20. The Bertz CT molecular complexity index is 646. The lowest BCUT2D eigenvalue weighted by Crippen LogP contribution is -2.62. The van der Waals surface area contributed by atoms with Gasteiger partial charge < -0.3 is 15.2 Å². The van der Waals surface area contributed by atoms with E-state index in [1.165, 1.54) is 25.1 Å². The molecule has 132 valence electrons. The van der Waals surface area contributed by atoms with E-state index in [1.54, 1.807) is 13.8 Å². The van der Waals surface area contributed by atoms with Crippen molar-refractivity contribution in [3.63, 3.8) is 0 Å². The van der Waals surface area contributed by atoms with Gasteiger partial charge in [-0.2, -0.15) is 0 Å². The topological polar surface area (TPSA) is 92.7 Å². The highest BCUT2D eigenvalue weighted by atomic mass is 19.1. The third-order valence-electron chi connectivity index (χ3n) is 3.68. The molecule has 1 amide bonds. The fraction of sp³-hybridized carbons (Fsp3) is 0.471. The number of hydrogen-bond donors (Lipinski definition) is 2. The number of carboxylic acids is 1. The molecule has 0 fully saturated rings. The minimum absolute atomic E-state index is 0.310. The summed E-state index contributed by atoms with van der Waals surface area (Å²) in [5.41, 5.74) is -1.56. The van der Waals surface area contributed by atoms with Crippen LogP contribution in [-0.4, -0.2) is 34.6 Å². The average Bonchev–Trinajstić information content (AvgIpc) is 2.49. The molecular weight excluding hydrogens is 317 g/mol. The molecule has 0 aromatic heterocycles. The maximum atomic E-state index is 13.4. The number of aryl methyl sites for hydroxylation is 1. The zero-order chi connectivity index (χ0) is 18.5. The lowest BCUT2D eigenvalue weighted by atomic mass is 9.89. The predicted molar refractivity (Wildman–Crippen MR) is 84.9 cm³/mol. The molecule has 2 unspecified atom stereocenters. The van der Waals surface area contributed by atoms with Crippen LogP contribution in [-0.2, 0) is 25.5 Å². The van der Waals surface area contributed by atoms with E-state index in [4.69, 9.17) is 4.74 Å². The van der Waals surface area contributed by atoms with Crippen LogP contribution in [0.3, 0.4) is 0 Å². The fourth-order valence-electron chi connectivity index (χ4n) is 2.17. The van der Waals surface area contributed by atoms with Crippen LogP contribution in [0.4, 0.5) is 4.39 Å². The molecule has 6 nitrogen and oxygen atoms in total. The van der Waals surface area contributed by atoms with Gasteiger partial charge in [0.2, 0.25) is 11.4 Å². The van der Waals surface area contributed by atoms with Gasteiger partial charge >= 0.3 is 11.9 Å². The summed E-state index contributed by atoms with van der Waals surface area (Å²) in [4.78, 5) is 35.8. The molecular formula is C17H22FNO5. The number of halogens is 1. The monoisotopic (exact) mass is 339 g/mol. The van der Waals surface area contributed by atoms with Crippen LogP contribution in [0, 0.1) is 12.7 Å². The van der Waals surface area contributed by atoms with Crippen molar-refractivity contribution < 1.29 is 28.6 Å². The zero-order valence-corrected chi connectivity index (χ0v) is 14.2. The minimum atomic E-state index is -2.26. The van der Waals surface area contributed by atoms with E-state index in [2.05, 4.69) is 5.32 Å². The summed E-state index contributed by atoms with van der Waals surface area (Å²) in [6.45, 7) is 6.05. The molecule has 24 heavy (non-hydrogen) atoms. The predicted octanol–water partition coefficient (Wildman–Crippen LogP) is 1.98. The molecule has 0 aliphatic heterocycles. The first-order valence-electron chi connectivity index (χ1n) is 7.60. The molecule has 0 radical (unpaired) electrons. The number of benzene rings is 1. The highest BCUT2D eigenvalue weighted by molar-refractivity contribution is 6.07. The quantitative estimate of drug-likeness (QED) is 0.585. The summed E-state index contributed by atoms with van der Waals surface area (Å²) in [5.74, 6) is -3.71. The number of rotatable bonds is 7. The number of carbonyl (C=O) groups is 3. The number of amides is 1. The van der Waals surface area contributed by atoms with E-state index in [1.807, 2.05) is 0 Å². The second-order valence-electron chi connectivity index (χ2n) is 5.78. The summed E-state index contributed by atoms with van der Waals surface area (Å²) >= 11 is 0. The van der Waals surface area contributed by atoms with E-state index in [-0.39, 0.29) is 6.42 Å². The van der Waals surface area contributed by atoms with Crippen LogP contribution in [0.15, 0.2) is 18.2 Å². The van der Waals surface area contributed by atoms with Crippen molar-refractivity contribution in [1.82, 2.24) is 5.32 Å². The standard InChI is InChI=1S/C17H22FNO5/c1-5-11(3)24-16(23)17(15(21)22,19-12(4)20)9-13-6-7-14(18)10(2)8-13/h6-8,11H,5,9H2,1-4H3,(H,19,20)(H,21,22). The molecule has 0 aliphatic rings. The SMILES string of the molecule is CCC(C)OC(=O)C(Cc1ccc(F)c(C)c1)(NC(C)=O)C(=O)O. The maximum Gasteiger partial charge on any atom is 0.344 e. The number of aliphatic carboxylic acids is 1. The molecule has 0 saturated heterocycles. The molecule has 0 bridgehead atoms. The van der Waals surface area contributed by atoms with Gasteiger partial charge in [-0.05, 0) is 37.5 Å². The summed E-state index contributed by atoms with van der Waals surface area (Å²) in [6, 6.07) is 3.99. The molecule has 1 aromatic rings. The maximum absolute atomic E-state index is 13.4. The molecule has 0 spiro atoms. The Morgan fingerprint density at radius 2 is 2.00 bits per heavy atom. The Balaban J connectivity index is 3.28. The Hall–Kier alpha value is -2.44. The Morgan fingerprint density at radius 3 is 2.46 bits per heavy atom.